The van der Waals surface area contributed by atoms with Crippen LogP contribution in [0.5, 0.6) is 0 Å². The molecule has 4 rings (SSSR count). The van der Waals surface area contributed by atoms with E-state index >= 15 is 0 Å². The van der Waals surface area contributed by atoms with Crippen LogP contribution < -0.4 is 10.6 Å². The number of H-pyrrole nitrogens is 1. The number of aromatic nitrogens is 2. The summed E-state index contributed by atoms with van der Waals surface area (Å²) in [4.78, 5) is 27.2. The molecule has 7 nitrogen and oxygen atoms in total. The van der Waals surface area contributed by atoms with Crippen molar-refractivity contribution < 1.29 is 9.59 Å². The summed E-state index contributed by atoms with van der Waals surface area (Å²) in [5, 5.41) is 13.0. The third-order valence-corrected chi connectivity index (χ3v) is 5.14. The first-order valence-electron chi connectivity index (χ1n) is 9.49. The third-order valence-electron chi connectivity index (χ3n) is 5.14. The van der Waals surface area contributed by atoms with Crippen molar-refractivity contribution in [2.75, 3.05) is 19.4 Å². The molecule has 1 aliphatic heterocycles. The fourth-order valence-corrected chi connectivity index (χ4v) is 3.52. The first-order valence-corrected chi connectivity index (χ1v) is 9.49. The molecule has 1 atom stereocenters. The van der Waals surface area contributed by atoms with Crippen molar-refractivity contribution in [1.29, 1.82) is 0 Å². The molecule has 0 aliphatic carbocycles. The molecule has 1 aromatic heterocycles. The van der Waals surface area contributed by atoms with E-state index in [2.05, 4.69) is 33.0 Å². The molecule has 0 spiro atoms. The number of benzene rings is 2. The molecular weight excluding hydrogens is 366 g/mol. The van der Waals surface area contributed by atoms with E-state index in [-0.39, 0.29) is 17.9 Å². The van der Waals surface area contributed by atoms with Gasteiger partial charge in [-0.05, 0) is 35.2 Å². The zero-order valence-electron chi connectivity index (χ0n) is 16.4. The minimum Gasteiger partial charge on any atom is -0.345 e. The highest BCUT2D eigenvalue weighted by molar-refractivity contribution is 6.05. The Bertz CT molecular complexity index is 1040. The quantitative estimate of drug-likeness (QED) is 0.639. The van der Waals surface area contributed by atoms with Gasteiger partial charge in [-0.3, -0.25) is 14.7 Å². The number of nitrogens with zero attached hydrogens (tertiary/aromatic N) is 2. The third kappa shape index (κ3) is 3.90. The average molecular weight is 389 g/mol. The van der Waals surface area contributed by atoms with Crippen LogP contribution in [-0.2, 0) is 17.8 Å². The van der Waals surface area contributed by atoms with Crippen LogP contribution in [0.25, 0.3) is 11.1 Å². The van der Waals surface area contributed by atoms with Crippen molar-refractivity contribution in [3.05, 3.63) is 71.5 Å². The lowest BCUT2D eigenvalue weighted by molar-refractivity contribution is -0.118. The van der Waals surface area contributed by atoms with Crippen LogP contribution in [0.15, 0.2) is 54.9 Å². The van der Waals surface area contributed by atoms with Crippen LogP contribution in [-0.4, -0.2) is 47.0 Å². The molecule has 1 aliphatic rings. The van der Waals surface area contributed by atoms with Crippen LogP contribution in [0.1, 0.15) is 21.5 Å². The highest BCUT2D eigenvalue weighted by Gasteiger charge is 2.25. The van der Waals surface area contributed by atoms with Crippen LogP contribution in [0.2, 0.25) is 0 Å². The molecule has 0 unspecified atom stereocenters. The number of fused-ring (bicyclic) bond motifs is 1. The van der Waals surface area contributed by atoms with Crippen molar-refractivity contribution in [3.8, 4) is 11.1 Å². The first kappa shape index (κ1) is 18.9. The molecular formula is C22H23N5O2. The van der Waals surface area contributed by atoms with Crippen LogP contribution >= 0.6 is 0 Å². The Hall–Kier alpha value is -3.45. The van der Waals surface area contributed by atoms with Crippen molar-refractivity contribution in [2.45, 2.75) is 19.0 Å². The SMILES string of the molecule is CN(C)C(=O)c1cc(-c2cn[nH]c2)ccc1NC(=O)[C@H]1Cc2ccccc2CN1. The zero-order chi connectivity index (χ0) is 20.4. The molecule has 2 heterocycles. The Morgan fingerprint density at radius 3 is 2.62 bits per heavy atom. The molecule has 0 radical (unpaired) electrons. The number of carbonyl (C=O) groups is 2. The fraction of sp³-hybridized carbons (Fsp3) is 0.227. The summed E-state index contributed by atoms with van der Waals surface area (Å²) in [5.41, 5.74) is 5.06. The Kier molecular flexibility index (Phi) is 5.14. The van der Waals surface area contributed by atoms with Crippen LogP contribution in [0.3, 0.4) is 0 Å². The average Bonchev–Trinajstić information content (AvgIpc) is 3.28. The Morgan fingerprint density at radius 1 is 1.10 bits per heavy atom. The molecule has 0 saturated carbocycles. The van der Waals surface area contributed by atoms with Gasteiger partial charge in [0.2, 0.25) is 5.91 Å². The standard InChI is InChI=1S/C22H23N5O2/c1-27(2)22(29)18-9-15(17-12-24-25-13-17)7-8-19(18)26-21(28)20-10-14-5-3-4-6-16(14)11-23-20/h3-9,12-13,20,23H,10-11H2,1-2H3,(H,24,25)(H,26,28)/t20-/m1/s1. The second-order valence-corrected chi connectivity index (χ2v) is 7.34. The van der Waals surface area contributed by atoms with E-state index in [0.717, 1.165) is 11.1 Å². The van der Waals surface area contributed by atoms with E-state index in [1.54, 1.807) is 38.6 Å². The summed E-state index contributed by atoms with van der Waals surface area (Å²) in [7, 11) is 3.39. The van der Waals surface area contributed by atoms with Gasteiger partial charge in [0.25, 0.3) is 5.91 Å². The Balaban J connectivity index is 1.59. The van der Waals surface area contributed by atoms with Crippen LogP contribution in [0, 0.1) is 0 Å². The second kappa shape index (κ2) is 7.89. The van der Waals surface area contributed by atoms with E-state index in [1.807, 2.05) is 18.2 Å². The maximum absolute atomic E-state index is 12.9. The minimum atomic E-state index is -0.347. The van der Waals surface area contributed by atoms with Gasteiger partial charge in [0.05, 0.1) is 23.5 Å². The first-order chi connectivity index (χ1) is 14.0. The van der Waals surface area contributed by atoms with Gasteiger partial charge < -0.3 is 15.5 Å². The molecule has 0 bridgehead atoms. The minimum absolute atomic E-state index is 0.150. The maximum atomic E-state index is 12.9. The largest absolute Gasteiger partial charge is 0.345 e. The molecule has 2 amide bonds. The van der Waals surface area contributed by atoms with Crippen LogP contribution in [0.4, 0.5) is 5.69 Å². The predicted molar refractivity (Wildman–Crippen MR) is 111 cm³/mol. The molecule has 7 heteroatoms. The summed E-state index contributed by atoms with van der Waals surface area (Å²) >= 11 is 0. The van der Waals surface area contributed by atoms with Gasteiger partial charge in [0.15, 0.2) is 0 Å². The number of anilines is 1. The van der Waals surface area contributed by atoms with Gasteiger partial charge in [-0.25, -0.2) is 0 Å². The van der Waals surface area contributed by atoms with E-state index in [9.17, 15) is 9.59 Å². The van der Waals surface area contributed by atoms with Gasteiger partial charge >= 0.3 is 0 Å². The van der Waals surface area contributed by atoms with Gasteiger partial charge in [0, 0.05) is 32.4 Å². The Morgan fingerprint density at radius 2 is 1.90 bits per heavy atom. The fourth-order valence-electron chi connectivity index (χ4n) is 3.52. The van der Waals surface area contributed by atoms with Crippen molar-refractivity contribution >= 4 is 17.5 Å². The van der Waals surface area contributed by atoms with Gasteiger partial charge in [-0.2, -0.15) is 5.10 Å². The molecule has 148 valence electrons. The summed E-state index contributed by atoms with van der Waals surface area (Å²) in [6.07, 6.45) is 4.08. The number of nitrogens with one attached hydrogen (secondary N) is 3. The van der Waals surface area contributed by atoms with E-state index in [0.29, 0.717) is 24.2 Å². The number of aromatic amines is 1. The van der Waals surface area contributed by atoms with E-state index < -0.39 is 0 Å². The lowest BCUT2D eigenvalue weighted by Crippen LogP contribution is -2.44. The predicted octanol–water partition coefficient (Wildman–Crippen LogP) is 2.43. The van der Waals surface area contributed by atoms with E-state index in [4.69, 9.17) is 0 Å². The number of hydrogen-bond donors (Lipinski definition) is 3. The molecule has 3 N–H and O–H groups in total. The monoisotopic (exact) mass is 389 g/mol. The molecule has 3 aromatic rings. The number of carbonyl (C=O) groups excluding carboxylic acids is 2. The smallest absolute Gasteiger partial charge is 0.255 e. The molecule has 2 aromatic carbocycles. The van der Waals surface area contributed by atoms with Gasteiger partial charge in [-0.15, -0.1) is 0 Å². The molecule has 0 saturated heterocycles. The van der Waals surface area contributed by atoms with E-state index in [1.165, 1.54) is 16.0 Å². The Labute approximate surface area is 169 Å². The summed E-state index contributed by atoms with van der Waals surface area (Å²) < 4.78 is 0. The summed E-state index contributed by atoms with van der Waals surface area (Å²) in [6.45, 7) is 0.650. The van der Waals surface area contributed by atoms with Gasteiger partial charge in [-0.1, -0.05) is 30.3 Å². The number of rotatable bonds is 4. The maximum Gasteiger partial charge on any atom is 0.255 e. The lowest BCUT2D eigenvalue weighted by Gasteiger charge is -2.26. The number of hydrogen-bond acceptors (Lipinski definition) is 4. The van der Waals surface area contributed by atoms with Crippen molar-refractivity contribution in [3.63, 3.8) is 0 Å². The molecule has 29 heavy (non-hydrogen) atoms. The lowest BCUT2D eigenvalue weighted by atomic mass is 9.95. The molecule has 0 fully saturated rings. The summed E-state index contributed by atoms with van der Waals surface area (Å²) in [6, 6.07) is 13.2. The van der Waals surface area contributed by atoms with Crippen molar-refractivity contribution in [1.82, 2.24) is 20.4 Å². The van der Waals surface area contributed by atoms with Gasteiger partial charge in [0.1, 0.15) is 0 Å². The highest BCUT2D eigenvalue weighted by atomic mass is 16.2. The zero-order valence-corrected chi connectivity index (χ0v) is 16.4. The number of amides is 2. The summed E-state index contributed by atoms with van der Waals surface area (Å²) in [5.74, 6) is -0.323. The van der Waals surface area contributed by atoms with Crippen molar-refractivity contribution in [2.24, 2.45) is 0 Å². The second-order valence-electron chi connectivity index (χ2n) is 7.34. The highest BCUT2D eigenvalue weighted by Crippen LogP contribution is 2.26. The normalized spacial score (nSPS) is 15.4. The topological polar surface area (TPSA) is 90.1 Å².